The van der Waals surface area contributed by atoms with Crippen LogP contribution in [0, 0.1) is 18.8 Å². The van der Waals surface area contributed by atoms with Gasteiger partial charge < -0.3 is 20.1 Å². The second-order valence-electron chi connectivity index (χ2n) is 5.54. The highest BCUT2D eigenvalue weighted by molar-refractivity contribution is 5.93. The average molecular weight is 306 g/mol. The van der Waals surface area contributed by atoms with Gasteiger partial charge in [0.05, 0.1) is 7.11 Å². The molecule has 1 atom stereocenters. The van der Waals surface area contributed by atoms with Crippen molar-refractivity contribution in [2.24, 2.45) is 11.8 Å². The molecule has 0 saturated carbocycles. The van der Waals surface area contributed by atoms with Crippen molar-refractivity contribution in [1.29, 1.82) is 0 Å². The molecule has 1 saturated heterocycles. The van der Waals surface area contributed by atoms with Crippen LogP contribution in [0.3, 0.4) is 0 Å². The summed E-state index contributed by atoms with van der Waals surface area (Å²) in [6.45, 7) is 5.50. The third kappa shape index (κ3) is 3.98. The molecule has 1 fully saturated rings. The summed E-state index contributed by atoms with van der Waals surface area (Å²) in [4.78, 5) is 23.3. The summed E-state index contributed by atoms with van der Waals surface area (Å²) in [6.07, 6.45) is 0. The second-order valence-corrected chi connectivity index (χ2v) is 5.54. The lowest BCUT2D eigenvalue weighted by Crippen LogP contribution is -2.48. The summed E-state index contributed by atoms with van der Waals surface area (Å²) in [7, 11) is 1.31. The van der Waals surface area contributed by atoms with Crippen LogP contribution in [0.4, 0.5) is 5.69 Å². The lowest BCUT2D eigenvalue weighted by atomic mass is 9.88. The first kappa shape index (κ1) is 16.3. The van der Waals surface area contributed by atoms with E-state index >= 15 is 0 Å². The molecule has 0 aromatic heterocycles. The van der Waals surface area contributed by atoms with Gasteiger partial charge in [-0.2, -0.15) is 0 Å². The van der Waals surface area contributed by atoms with E-state index in [-0.39, 0.29) is 18.4 Å². The highest BCUT2D eigenvalue weighted by atomic mass is 16.6. The van der Waals surface area contributed by atoms with Gasteiger partial charge in [-0.3, -0.25) is 4.79 Å². The normalized spacial score (nSPS) is 15.6. The Morgan fingerprint density at radius 2 is 2.14 bits per heavy atom. The molecule has 0 spiro atoms. The Hall–Kier alpha value is -2.08. The fourth-order valence-corrected chi connectivity index (χ4v) is 2.19. The van der Waals surface area contributed by atoms with Gasteiger partial charge in [0.25, 0.3) is 0 Å². The van der Waals surface area contributed by atoms with Crippen molar-refractivity contribution in [2.45, 2.75) is 13.8 Å². The van der Waals surface area contributed by atoms with E-state index in [1.54, 1.807) is 18.2 Å². The van der Waals surface area contributed by atoms with Crippen LogP contribution in [-0.2, 0) is 14.3 Å². The number of hydrogen-bond donors (Lipinski definition) is 2. The zero-order valence-corrected chi connectivity index (χ0v) is 13.1. The van der Waals surface area contributed by atoms with Gasteiger partial charge in [-0.05, 0) is 49.7 Å². The van der Waals surface area contributed by atoms with E-state index in [1.165, 1.54) is 7.11 Å². The molecule has 6 heteroatoms. The summed E-state index contributed by atoms with van der Waals surface area (Å²) >= 11 is 0. The van der Waals surface area contributed by atoms with Crippen molar-refractivity contribution in [3.05, 3.63) is 23.8 Å². The standard InChI is InChI=1S/C16H22N2O4/c1-10-6-13(22-9-15(19)21-3)4-5-14(10)18-16(20)11(2)12-7-17-8-12/h4-6,11-12,17H,7-9H2,1-3H3,(H,18,20). The van der Waals surface area contributed by atoms with Gasteiger partial charge >= 0.3 is 5.97 Å². The van der Waals surface area contributed by atoms with Crippen LogP contribution >= 0.6 is 0 Å². The van der Waals surface area contributed by atoms with Gasteiger partial charge in [0.2, 0.25) is 5.91 Å². The minimum atomic E-state index is -0.432. The maximum Gasteiger partial charge on any atom is 0.343 e. The average Bonchev–Trinajstić information content (AvgIpc) is 2.45. The SMILES string of the molecule is COC(=O)COc1ccc(NC(=O)C(C)C2CNC2)c(C)c1. The summed E-state index contributed by atoms with van der Waals surface area (Å²) in [5.74, 6) is 0.548. The molecule has 1 heterocycles. The zero-order chi connectivity index (χ0) is 16.1. The molecule has 2 N–H and O–H groups in total. The molecular formula is C16H22N2O4. The Bertz CT molecular complexity index is 555. The first-order chi connectivity index (χ1) is 10.5. The molecular weight excluding hydrogens is 284 g/mol. The van der Waals surface area contributed by atoms with Gasteiger partial charge in [0, 0.05) is 11.6 Å². The van der Waals surface area contributed by atoms with E-state index < -0.39 is 5.97 Å². The zero-order valence-electron chi connectivity index (χ0n) is 13.1. The fourth-order valence-electron chi connectivity index (χ4n) is 2.19. The number of anilines is 1. The molecule has 1 aromatic carbocycles. The highest BCUT2D eigenvalue weighted by Crippen LogP contribution is 2.23. The quantitative estimate of drug-likeness (QED) is 0.776. The van der Waals surface area contributed by atoms with Crippen molar-refractivity contribution in [3.8, 4) is 5.75 Å². The summed E-state index contributed by atoms with van der Waals surface area (Å²) < 4.78 is 9.83. The van der Waals surface area contributed by atoms with Crippen LogP contribution in [0.1, 0.15) is 12.5 Å². The van der Waals surface area contributed by atoms with Crippen LogP contribution in [0.15, 0.2) is 18.2 Å². The minimum Gasteiger partial charge on any atom is -0.482 e. The van der Waals surface area contributed by atoms with Gasteiger partial charge in [0.1, 0.15) is 5.75 Å². The van der Waals surface area contributed by atoms with Crippen molar-refractivity contribution in [2.75, 3.05) is 32.1 Å². The molecule has 0 aliphatic carbocycles. The van der Waals surface area contributed by atoms with Crippen LogP contribution < -0.4 is 15.4 Å². The van der Waals surface area contributed by atoms with Crippen molar-refractivity contribution < 1.29 is 19.1 Å². The van der Waals surface area contributed by atoms with E-state index in [9.17, 15) is 9.59 Å². The van der Waals surface area contributed by atoms with Crippen LogP contribution in [0.25, 0.3) is 0 Å². The number of carbonyl (C=O) groups excluding carboxylic acids is 2. The van der Waals surface area contributed by atoms with Gasteiger partial charge in [-0.15, -0.1) is 0 Å². The molecule has 1 aromatic rings. The van der Waals surface area contributed by atoms with Gasteiger partial charge in [-0.1, -0.05) is 6.92 Å². The number of ether oxygens (including phenoxy) is 2. The number of nitrogens with one attached hydrogen (secondary N) is 2. The smallest absolute Gasteiger partial charge is 0.343 e. The number of hydrogen-bond acceptors (Lipinski definition) is 5. The molecule has 1 aliphatic heterocycles. The van der Waals surface area contributed by atoms with Crippen molar-refractivity contribution in [1.82, 2.24) is 5.32 Å². The third-order valence-electron chi connectivity index (χ3n) is 3.97. The molecule has 2 rings (SSSR count). The van der Waals surface area contributed by atoms with E-state index in [4.69, 9.17) is 4.74 Å². The summed E-state index contributed by atoms with van der Waals surface area (Å²) in [5.41, 5.74) is 1.64. The van der Waals surface area contributed by atoms with Crippen molar-refractivity contribution in [3.63, 3.8) is 0 Å². The van der Waals surface area contributed by atoms with Gasteiger partial charge in [-0.25, -0.2) is 4.79 Å². The number of carbonyl (C=O) groups is 2. The van der Waals surface area contributed by atoms with E-state index in [0.29, 0.717) is 11.7 Å². The minimum absolute atomic E-state index is 0.0177. The monoisotopic (exact) mass is 306 g/mol. The van der Waals surface area contributed by atoms with Gasteiger partial charge in [0.15, 0.2) is 6.61 Å². The maximum atomic E-state index is 12.2. The number of aryl methyl sites for hydroxylation is 1. The lowest BCUT2D eigenvalue weighted by molar-refractivity contribution is -0.142. The molecule has 6 nitrogen and oxygen atoms in total. The highest BCUT2D eigenvalue weighted by Gasteiger charge is 2.28. The van der Waals surface area contributed by atoms with E-state index in [2.05, 4.69) is 15.4 Å². The largest absolute Gasteiger partial charge is 0.482 e. The third-order valence-corrected chi connectivity index (χ3v) is 3.97. The first-order valence-electron chi connectivity index (χ1n) is 7.33. The summed E-state index contributed by atoms with van der Waals surface area (Å²) in [6, 6.07) is 5.29. The number of methoxy groups -OCH3 is 1. The Morgan fingerprint density at radius 1 is 1.41 bits per heavy atom. The van der Waals surface area contributed by atoms with Crippen LogP contribution in [0.2, 0.25) is 0 Å². The summed E-state index contributed by atoms with van der Waals surface area (Å²) in [5, 5.41) is 6.12. The van der Waals surface area contributed by atoms with Crippen molar-refractivity contribution >= 4 is 17.6 Å². The molecule has 1 amide bonds. The predicted molar refractivity (Wildman–Crippen MR) is 82.8 cm³/mol. The molecule has 1 aliphatic rings. The number of amides is 1. The molecule has 0 radical (unpaired) electrons. The van der Waals surface area contributed by atoms with Crippen LogP contribution in [0.5, 0.6) is 5.75 Å². The van der Waals surface area contributed by atoms with Crippen LogP contribution in [-0.4, -0.2) is 38.7 Å². The molecule has 22 heavy (non-hydrogen) atoms. The Balaban J connectivity index is 1.94. The number of benzene rings is 1. The Kier molecular flexibility index (Phi) is 5.38. The maximum absolute atomic E-state index is 12.2. The lowest BCUT2D eigenvalue weighted by Gasteiger charge is -2.31. The first-order valence-corrected chi connectivity index (χ1v) is 7.33. The fraction of sp³-hybridized carbons (Fsp3) is 0.500. The second kappa shape index (κ2) is 7.26. The molecule has 120 valence electrons. The number of esters is 1. The molecule has 1 unspecified atom stereocenters. The van der Waals surface area contributed by atoms with E-state index in [1.807, 2.05) is 13.8 Å². The predicted octanol–water partition coefficient (Wildman–Crippen LogP) is 1.34. The Labute approximate surface area is 130 Å². The number of rotatable bonds is 6. The van der Waals surface area contributed by atoms with E-state index in [0.717, 1.165) is 24.3 Å². The molecule has 0 bridgehead atoms. The Morgan fingerprint density at radius 3 is 2.68 bits per heavy atom. The topological polar surface area (TPSA) is 76.7 Å².